The molecule has 0 saturated carbocycles. The molecule has 0 aromatic heterocycles. The average Bonchev–Trinajstić information content (AvgIpc) is 2.76. The number of nitrogens with zero attached hydrogens (tertiary/aromatic N) is 1. The summed E-state index contributed by atoms with van der Waals surface area (Å²) in [6.45, 7) is 2.78. The van der Waals surface area contributed by atoms with E-state index in [-0.39, 0.29) is 5.91 Å². The van der Waals surface area contributed by atoms with Crippen molar-refractivity contribution in [1.82, 2.24) is 4.90 Å². The van der Waals surface area contributed by atoms with E-state index in [0.29, 0.717) is 24.7 Å². The third-order valence-corrected chi connectivity index (χ3v) is 3.26. The lowest BCUT2D eigenvalue weighted by Crippen LogP contribution is -2.34. The van der Waals surface area contributed by atoms with Gasteiger partial charge in [-0.25, -0.2) is 4.79 Å². The Kier molecular flexibility index (Phi) is 5.62. The minimum atomic E-state index is -0.814. The Morgan fingerprint density at radius 3 is 2.61 bits per heavy atom. The molecule has 0 unspecified atom stereocenters. The molecule has 23 heavy (non-hydrogen) atoms. The number of hydrogen-bond donors (Lipinski definition) is 0. The van der Waals surface area contributed by atoms with Crippen molar-refractivity contribution in [3.8, 4) is 11.5 Å². The standard InChI is InChI=1S/C17H21NO5/c1-12(17(20)18(2)3)23-16(19)8-6-13-5-7-14-15(11-13)22-10-4-9-21-14/h5-8,11-12H,4,9-10H2,1-3H3/b8-6+/t12-/m1/s1. The fourth-order valence-corrected chi connectivity index (χ4v) is 2.08. The minimum absolute atomic E-state index is 0.262. The van der Waals surface area contributed by atoms with Crippen LogP contribution in [0.15, 0.2) is 24.3 Å². The molecule has 1 amide bonds. The van der Waals surface area contributed by atoms with E-state index in [2.05, 4.69) is 0 Å². The molecule has 0 fully saturated rings. The van der Waals surface area contributed by atoms with Crippen molar-refractivity contribution in [3.63, 3.8) is 0 Å². The molecule has 0 radical (unpaired) electrons. The van der Waals surface area contributed by atoms with Gasteiger partial charge >= 0.3 is 5.97 Å². The van der Waals surface area contributed by atoms with Crippen LogP contribution in [0, 0.1) is 0 Å². The van der Waals surface area contributed by atoms with E-state index in [4.69, 9.17) is 14.2 Å². The highest BCUT2D eigenvalue weighted by Gasteiger charge is 2.18. The second-order valence-electron chi connectivity index (χ2n) is 5.40. The largest absolute Gasteiger partial charge is 0.490 e. The second kappa shape index (κ2) is 7.67. The highest BCUT2D eigenvalue weighted by atomic mass is 16.5. The number of fused-ring (bicyclic) bond motifs is 1. The highest BCUT2D eigenvalue weighted by molar-refractivity contribution is 5.90. The molecule has 1 aromatic carbocycles. The van der Waals surface area contributed by atoms with Crippen molar-refractivity contribution in [1.29, 1.82) is 0 Å². The number of benzene rings is 1. The van der Waals surface area contributed by atoms with E-state index >= 15 is 0 Å². The van der Waals surface area contributed by atoms with E-state index < -0.39 is 12.1 Å². The van der Waals surface area contributed by atoms with Gasteiger partial charge in [-0.2, -0.15) is 0 Å². The Morgan fingerprint density at radius 1 is 1.22 bits per heavy atom. The minimum Gasteiger partial charge on any atom is -0.490 e. The zero-order chi connectivity index (χ0) is 16.8. The van der Waals surface area contributed by atoms with Gasteiger partial charge in [0.05, 0.1) is 13.2 Å². The van der Waals surface area contributed by atoms with Gasteiger partial charge in [0.2, 0.25) is 0 Å². The molecular weight excluding hydrogens is 298 g/mol. The van der Waals surface area contributed by atoms with Crippen LogP contribution in [0.5, 0.6) is 11.5 Å². The predicted molar refractivity (Wildman–Crippen MR) is 85.3 cm³/mol. The molecule has 6 nitrogen and oxygen atoms in total. The molecule has 0 bridgehead atoms. The maximum Gasteiger partial charge on any atom is 0.331 e. The number of hydrogen-bond acceptors (Lipinski definition) is 5. The predicted octanol–water partition coefficient (Wildman–Crippen LogP) is 1.88. The molecule has 124 valence electrons. The van der Waals surface area contributed by atoms with Crippen molar-refractivity contribution in [2.75, 3.05) is 27.3 Å². The lowest BCUT2D eigenvalue weighted by Gasteiger charge is -2.16. The summed E-state index contributed by atoms with van der Waals surface area (Å²) in [6.07, 6.45) is 2.93. The van der Waals surface area contributed by atoms with Gasteiger partial charge in [0.25, 0.3) is 5.91 Å². The first-order valence-electron chi connectivity index (χ1n) is 7.47. The van der Waals surface area contributed by atoms with Crippen LogP contribution < -0.4 is 9.47 Å². The lowest BCUT2D eigenvalue weighted by atomic mass is 10.2. The molecule has 1 atom stereocenters. The summed E-state index contributed by atoms with van der Waals surface area (Å²) in [5.74, 6) is 0.531. The molecule has 6 heteroatoms. The first kappa shape index (κ1) is 16.9. The van der Waals surface area contributed by atoms with Gasteiger partial charge in [-0.3, -0.25) is 4.79 Å². The molecule has 0 saturated heterocycles. The van der Waals surface area contributed by atoms with E-state index in [0.717, 1.165) is 12.0 Å². The zero-order valence-corrected chi connectivity index (χ0v) is 13.6. The second-order valence-corrected chi connectivity index (χ2v) is 5.40. The Labute approximate surface area is 135 Å². The van der Waals surface area contributed by atoms with Gasteiger partial charge in [-0.15, -0.1) is 0 Å². The quantitative estimate of drug-likeness (QED) is 0.626. The summed E-state index contributed by atoms with van der Waals surface area (Å²) >= 11 is 0. The van der Waals surface area contributed by atoms with Crippen LogP contribution in [0.2, 0.25) is 0 Å². The van der Waals surface area contributed by atoms with Crippen molar-refractivity contribution in [2.45, 2.75) is 19.4 Å². The summed E-state index contributed by atoms with van der Waals surface area (Å²) in [5, 5.41) is 0. The maximum absolute atomic E-state index is 11.8. The Bertz CT molecular complexity index is 609. The average molecular weight is 319 g/mol. The maximum atomic E-state index is 11.8. The van der Waals surface area contributed by atoms with Crippen LogP contribution in [0.3, 0.4) is 0 Å². The summed E-state index contributed by atoms with van der Waals surface area (Å²) in [6, 6.07) is 5.44. The number of esters is 1. The molecular formula is C17H21NO5. The SMILES string of the molecule is C[C@@H](OC(=O)/C=C/c1ccc2c(c1)OCCCO2)C(=O)N(C)C. The molecule has 0 spiro atoms. The van der Waals surface area contributed by atoms with Gasteiger partial charge in [0.15, 0.2) is 17.6 Å². The first-order chi connectivity index (χ1) is 11.0. The van der Waals surface area contributed by atoms with Crippen molar-refractivity contribution in [2.24, 2.45) is 0 Å². The van der Waals surface area contributed by atoms with E-state index in [1.165, 1.54) is 11.0 Å². The smallest absolute Gasteiger partial charge is 0.331 e. The fourth-order valence-electron chi connectivity index (χ4n) is 2.08. The van der Waals surface area contributed by atoms with Crippen LogP contribution in [-0.4, -0.2) is 50.2 Å². The normalized spacial score (nSPS) is 14.9. The zero-order valence-electron chi connectivity index (χ0n) is 13.6. The number of rotatable bonds is 4. The number of carbonyl (C=O) groups is 2. The topological polar surface area (TPSA) is 65.1 Å². The Balaban J connectivity index is 1.98. The number of amides is 1. The van der Waals surface area contributed by atoms with E-state index in [1.807, 2.05) is 12.1 Å². The third kappa shape index (κ3) is 4.74. The number of ether oxygens (including phenoxy) is 3. The van der Waals surface area contributed by atoms with Gasteiger partial charge in [0.1, 0.15) is 0 Å². The van der Waals surface area contributed by atoms with Crippen molar-refractivity contribution >= 4 is 18.0 Å². The van der Waals surface area contributed by atoms with Gasteiger partial charge in [0, 0.05) is 26.6 Å². The lowest BCUT2D eigenvalue weighted by molar-refractivity contribution is -0.153. The number of carbonyl (C=O) groups excluding carboxylic acids is 2. The van der Waals surface area contributed by atoms with Gasteiger partial charge in [-0.05, 0) is 30.7 Å². The monoisotopic (exact) mass is 319 g/mol. The molecule has 0 N–H and O–H groups in total. The molecule has 1 aromatic rings. The van der Waals surface area contributed by atoms with Crippen LogP contribution in [0.4, 0.5) is 0 Å². The summed E-state index contributed by atoms with van der Waals surface area (Å²) in [5.41, 5.74) is 0.790. The van der Waals surface area contributed by atoms with Crippen LogP contribution in [0.1, 0.15) is 18.9 Å². The summed E-state index contributed by atoms with van der Waals surface area (Å²) in [4.78, 5) is 24.8. The van der Waals surface area contributed by atoms with Crippen LogP contribution >= 0.6 is 0 Å². The number of likely N-dealkylation sites (N-methyl/N-ethyl adjacent to an activating group) is 1. The molecule has 1 heterocycles. The summed E-state index contributed by atoms with van der Waals surface area (Å²) in [7, 11) is 3.22. The molecule has 2 rings (SSSR count). The van der Waals surface area contributed by atoms with Crippen molar-refractivity contribution < 1.29 is 23.8 Å². The highest BCUT2D eigenvalue weighted by Crippen LogP contribution is 2.30. The van der Waals surface area contributed by atoms with Crippen LogP contribution in [-0.2, 0) is 14.3 Å². The fraction of sp³-hybridized carbons (Fsp3) is 0.412. The molecule has 0 aliphatic carbocycles. The van der Waals surface area contributed by atoms with Gasteiger partial charge < -0.3 is 19.1 Å². The Hall–Kier alpha value is -2.50. The van der Waals surface area contributed by atoms with E-state index in [1.54, 1.807) is 33.2 Å². The summed E-state index contributed by atoms with van der Waals surface area (Å²) < 4.78 is 16.2. The van der Waals surface area contributed by atoms with Crippen molar-refractivity contribution in [3.05, 3.63) is 29.8 Å². The third-order valence-electron chi connectivity index (χ3n) is 3.26. The van der Waals surface area contributed by atoms with Crippen LogP contribution in [0.25, 0.3) is 6.08 Å². The van der Waals surface area contributed by atoms with E-state index in [9.17, 15) is 9.59 Å². The first-order valence-corrected chi connectivity index (χ1v) is 7.47. The Morgan fingerprint density at radius 2 is 1.91 bits per heavy atom. The molecule has 1 aliphatic rings. The molecule has 1 aliphatic heterocycles. The van der Waals surface area contributed by atoms with Gasteiger partial charge in [-0.1, -0.05) is 6.07 Å².